The summed E-state index contributed by atoms with van der Waals surface area (Å²) in [5.41, 5.74) is 0.479. The standard InChI is InChI=1S/C14H19N3O2/c1-19-13-4-2-3-12(16-13)14(18)17-9-10-5-6-11(17)8-15-7-10/h2-4,10-11,15H,5-9H2,1H3. The van der Waals surface area contributed by atoms with Crippen LogP contribution in [-0.2, 0) is 0 Å². The van der Waals surface area contributed by atoms with Crippen LogP contribution in [0.25, 0.3) is 0 Å². The molecule has 19 heavy (non-hydrogen) atoms. The molecular formula is C14H19N3O2. The molecule has 3 aliphatic heterocycles. The SMILES string of the molecule is COc1cccc(C(=O)N2CC3CCC2CNC3)n1. The van der Waals surface area contributed by atoms with Crippen molar-refractivity contribution in [2.24, 2.45) is 5.92 Å². The first-order valence-electron chi connectivity index (χ1n) is 6.80. The van der Waals surface area contributed by atoms with Crippen LogP contribution in [0.15, 0.2) is 18.2 Å². The van der Waals surface area contributed by atoms with E-state index in [0.717, 1.165) is 26.1 Å². The topological polar surface area (TPSA) is 54.5 Å². The lowest BCUT2D eigenvalue weighted by Gasteiger charge is -2.35. The molecule has 0 aliphatic carbocycles. The molecule has 0 radical (unpaired) electrons. The predicted molar refractivity (Wildman–Crippen MR) is 71.2 cm³/mol. The molecule has 2 atom stereocenters. The third-order valence-electron chi connectivity index (χ3n) is 4.03. The smallest absolute Gasteiger partial charge is 0.272 e. The molecule has 0 spiro atoms. The van der Waals surface area contributed by atoms with Crippen molar-refractivity contribution in [3.05, 3.63) is 23.9 Å². The van der Waals surface area contributed by atoms with Gasteiger partial charge in [-0.3, -0.25) is 4.79 Å². The molecule has 4 rings (SSSR count). The minimum Gasteiger partial charge on any atom is -0.481 e. The molecule has 102 valence electrons. The second-order valence-corrected chi connectivity index (χ2v) is 5.28. The number of rotatable bonds is 2. The Morgan fingerprint density at radius 3 is 3.16 bits per heavy atom. The zero-order chi connectivity index (χ0) is 13.2. The lowest BCUT2D eigenvalue weighted by Crippen LogP contribution is -2.47. The van der Waals surface area contributed by atoms with Crippen LogP contribution in [0.3, 0.4) is 0 Å². The van der Waals surface area contributed by atoms with E-state index < -0.39 is 0 Å². The van der Waals surface area contributed by atoms with E-state index in [2.05, 4.69) is 10.3 Å². The number of amides is 1. The molecule has 1 aromatic heterocycles. The van der Waals surface area contributed by atoms with Crippen molar-refractivity contribution in [2.75, 3.05) is 26.7 Å². The third-order valence-corrected chi connectivity index (χ3v) is 4.03. The van der Waals surface area contributed by atoms with Crippen molar-refractivity contribution in [1.29, 1.82) is 0 Å². The van der Waals surface area contributed by atoms with Crippen LogP contribution in [0, 0.1) is 5.92 Å². The van der Waals surface area contributed by atoms with Crippen molar-refractivity contribution in [3.63, 3.8) is 0 Å². The van der Waals surface area contributed by atoms with E-state index in [1.807, 2.05) is 11.0 Å². The van der Waals surface area contributed by atoms with Gasteiger partial charge in [0, 0.05) is 25.2 Å². The molecule has 1 N–H and O–H groups in total. The number of ether oxygens (including phenoxy) is 1. The van der Waals surface area contributed by atoms with Gasteiger partial charge in [0.1, 0.15) is 5.69 Å². The number of hydrogen-bond acceptors (Lipinski definition) is 4. The van der Waals surface area contributed by atoms with Crippen LogP contribution in [0.4, 0.5) is 0 Å². The Kier molecular flexibility index (Phi) is 3.38. The van der Waals surface area contributed by atoms with Gasteiger partial charge < -0.3 is 15.0 Å². The van der Waals surface area contributed by atoms with E-state index in [1.54, 1.807) is 19.2 Å². The maximum absolute atomic E-state index is 12.6. The monoisotopic (exact) mass is 261 g/mol. The fraction of sp³-hybridized carbons (Fsp3) is 0.571. The number of hydrogen-bond donors (Lipinski definition) is 1. The summed E-state index contributed by atoms with van der Waals surface area (Å²) in [4.78, 5) is 18.8. The number of fused-ring (bicyclic) bond motifs is 4. The van der Waals surface area contributed by atoms with Crippen LogP contribution in [0.5, 0.6) is 5.88 Å². The first-order valence-corrected chi connectivity index (χ1v) is 6.80. The van der Waals surface area contributed by atoms with Crippen molar-refractivity contribution < 1.29 is 9.53 Å². The van der Waals surface area contributed by atoms with E-state index in [4.69, 9.17) is 4.74 Å². The number of aromatic nitrogens is 1. The molecule has 0 aromatic carbocycles. The molecular weight excluding hydrogens is 242 g/mol. The Morgan fingerprint density at radius 2 is 2.32 bits per heavy atom. The molecule has 1 amide bonds. The summed E-state index contributed by atoms with van der Waals surface area (Å²) in [7, 11) is 1.56. The summed E-state index contributed by atoms with van der Waals surface area (Å²) in [6.45, 7) is 2.76. The Balaban J connectivity index is 1.83. The normalized spacial score (nSPS) is 26.1. The fourth-order valence-corrected chi connectivity index (χ4v) is 2.98. The summed E-state index contributed by atoms with van der Waals surface area (Å²) >= 11 is 0. The Hall–Kier alpha value is -1.62. The molecule has 0 saturated carbocycles. The highest BCUT2D eigenvalue weighted by Gasteiger charge is 2.34. The highest BCUT2D eigenvalue weighted by Crippen LogP contribution is 2.25. The molecule has 4 heterocycles. The number of carbonyl (C=O) groups is 1. The highest BCUT2D eigenvalue weighted by molar-refractivity contribution is 5.92. The van der Waals surface area contributed by atoms with Gasteiger partial charge in [0.05, 0.1) is 7.11 Å². The Morgan fingerprint density at radius 1 is 1.42 bits per heavy atom. The summed E-state index contributed by atoms with van der Waals surface area (Å²) < 4.78 is 5.08. The second-order valence-electron chi connectivity index (χ2n) is 5.28. The minimum atomic E-state index is 0.0253. The molecule has 3 saturated heterocycles. The van der Waals surface area contributed by atoms with Crippen molar-refractivity contribution >= 4 is 5.91 Å². The van der Waals surface area contributed by atoms with Crippen molar-refractivity contribution in [1.82, 2.24) is 15.2 Å². The fourth-order valence-electron chi connectivity index (χ4n) is 2.98. The Bertz CT molecular complexity index is 474. The summed E-state index contributed by atoms with van der Waals surface area (Å²) in [6, 6.07) is 5.64. The Labute approximate surface area is 113 Å². The van der Waals surface area contributed by atoms with Gasteiger partial charge >= 0.3 is 0 Å². The number of pyridine rings is 1. The largest absolute Gasteiger partial charge is 0.481 e. The average Bonchev–Trinajstić information content (AvgIpc) is 2.82. The maximum atomic E-state index is 12.6. The molecule has 1 aromatic rings. The number of nitrogens with one attached hydrogen (secondary N) is 1. The molecule has 5 nitrogen and oxygen atoms in total. The second kappa shape index (κ2) is 5.17. The van der Waals surface area contributed by atoms with Crippen LogP contribution in [0.1, 0.15) is 23.3 Å². The lowest BCUT2D eigenvalue weighted by atomic mass is 9.94. The van der Waals surface area contributed by atoms with Crippen LogP contribution >= 0.6 is 0 Å². The lowest BCUT2D eigenvalue weighted by molar-refractivity contribution is 0.0584. The van der Waals surface area contributed by atoms with Gasteiger partial charge in [-0.1, -0.05) is 6.07 Å². The number of piperidine rings is 1. The quantitative estimate of drug-likeness (QED) is 0.860. The van der Waals surface area contributed by atoms with Crippen molar-refractivity contribution in [2.45, 2.75) is 18.9 Å². The van der Waals surface area contributed by atoms with Gasteiger partial charge in [0.25, 0.3) is 5.91 Å². The maximum Gasteiger partial charge on any atom is 0.272 e. The molecule has 3 fully saturated rings. The first-order chi connectivity index (χ1) is 9.28. The average molecular weight is 261 g/mol. The number of nitrogens with zero attached hydrogens (tertiary/aromatic N) is 2. The van der Waals surface area contributed by atoms with Crippen molar-refractivity contribution in [3.8, 4) is 5.88 Å². The summed E-state index contributed by atoms with van der Waals surface area (Å²) in [5, 5.41) is 3.43. The molecule has 3 aliphatic rings. The van der Waals surface area contributed by atoms with Gasteiger partial charge in [0.2, 0.25) is 5.88 Å². The molecule has 5 heteroatoms. The zero-order valence-corrected chi connectivity index (χ0v) is 11.1. The predicted octanol–water partition coefficient (Wildman–Crippen LogP) is 0.914. The van der Waals surface area contributed by atoms with E-state index in [9.17, 15) is 4.79 Å². The van der Waals surface area contributed by atoms with E-state index in [1.165, 1.54) is 6.42 Å². The number of carbonyl (C=O) groups excluding carboxylic acids is 1. The minimum absolute atomic E-state index is 0.0253. The van der Waals surface area contributed by atoms with Gasteiger partial charge in [-0.2, -0.15) is 0 Å². The van der Waals surface area contributed by atoms with Crippen LogP contribution in [-0.4, -0.2) is 48.6 Å². The zero-order valence-electron chi connectivity index (χ0n) is 11.1. The highest BCUT2D eigenvalue weighted by atomic mass is 16.5. The molecule has 2 unspecified atom stereocenters. The van der Waals surface area contributed by atoms with Gasteiger partial charge in [0.15, 0.2) is 0 Å². The van der Waals surface area contributed by atoms with Gasteiger partial charge in [-0.25, -0.2) is 4.98 Å². The van der Waals surface area contributed by atoms with E-state index in [0.29, 0.717) is 23.5 Å². The van der Waals surface area contributed by atoms with Gasteiger partial charge in [-0.05, 0) is 31.4 Å². The first kappa shape index (κ1) is 12.4. The van der Waals surface area contributed by atoms with Gasteiger partial charge in [-0.15, -0.1) is 0 Å². The summed E-state index contributed by atoms with van der Waals surface area (Å²) in [6.07, 6.45) is 2.31. The number of methoxy groups -OCH3 is 1. The van der Waals surface area contributed by atoms with Crippen LogP contribution < -0.4 is 10.1 Å². The molecule has 2 bridgehead atoms. The summed E-state index contributed by atoms with van der Waals surface area (Å²) in [5.74, 6) is 1.09. The van der Waals surface area contributed by atoms with E-state index in [-0.39, 0.29) is 5.91 Å². The van der Waals surface area contributed by atoms with E-state index >= 15 is 0 Å². The van der Waals surface area contributed by atoms with Crippen LogP contribution in [0.2, 0.25) is 0 Å². The third kappa shape index (κ3) is 2.42.